The van der Waals surface area contributed by atoms with Crippen molar-refractivity contribution < 1.29 is 40.1 Å². The van der Waals surface area contributed by atoms with Gasteiger partial charge >= 0.3 is 0 Å². The van der Waals surface area contributed by atoms with Crippen LogP contribution in [0.15, 0.2) is 237 Å². The molecule has 5 fully saturated rings. The van der Waals surface area contributed by atoms with Crippen LogP contribution in [0.3, 0.4) is 0 Å². The highest BCUT2D eigenvalue weighted by molar-refractivity contribution is 6.01. The second-order valence-corrected chi connectivity index (χ2v) is 28.5. The van der Waals surface area contributed by atoms with Gasteiger partial charge in [-0.2, -0.15) is 0 Å². The van der Waals surface area contributed by atoms with Crippen LogP contribution in [0.1, 0.15) is 151 Å². The maximum absolute atomic E-state index is 9.89. The van der Waals surface area contributed by atoms with E-state index in [4.69, 9.17) is 9.47 Å². The van der Waals surface area contributed by atoms with E-state index in [-0.39, 0.29) is 37.1 Å². The fourth-order valence-corrected chi connectivity index (χ4v) is 15.8. The fraction of sp³-hybridized carbons (Fsp3) is 0.341. The average molecular weight is 1370 g/mol. The van der Waals surface area contributed by atoms with Crippen molar-refractivity contribution in [3.63, 3.8) is 0 Å². The minimum Gasteiger partial charge on any atom is -0.508 e. The van der Waals surface area contributed by atoms with Crippen LogP contribution in [0.4, 0.5) is 0 Å². The van der Waals surface area contributed by atoms with E-state index in [0.717, 1.165) is 119 Å². The zero-order valence-electron chi connectivity index (χ0n) is 59.2. The van der Waals surface area contributed by atoms with Crippen molar-refractivity contribution in [1.82, 2.24) is 15.1 Å². The number of nitrogens with zero attached hydrogens (tertiary/aromatic N) is 2. The van der Waals surface area contributed by atoms with Crippen LogP contribution in [0.25, 0.3) is 33.4 Å². The zero-order chi connectivity index (χ0) is 70.3. The Kier molecular flexibility index (Phi) is 26.2. The number of phenolic OH excluding ortho intramolecular Hbond substituents is 3. The highest BCUT2D eigenvalue weighted by Crippen LogP contribution is 2.45. The minimum absolute atomic E-state index is 0.140. The molecule has 0 bridgehead atoms. The Balaban J connectivity index is 0.000000145. The number of ether oxygens (including phenoxy) is 2. The molecular weight excluding hydrogens is 1260 g/mol. The zero-order valence-corrected chi connectivity index (χ0v) is 59.2. The molecule has 11 heteroatoms. The summed E-state index contributed by atoms with van der Waals surface area (Å²) in [4.78, 5) is 5.06. The Hall–Kier alpha value is -9.04. The molecule has 3 aliphatic heterocycles. The molecule has 9 aromatic carbocycles. The van der Waals surface area contributed by atoms with Crippen LogP contribution >= 0.6 is 0 Å². The van der Waals surface area contributed by atoms with Crippen LogP contribution in [0.2, 0.25) is 0 Å². The molecule has 3 unspecified atom stereocenters. The fourth-order valence-electron chi connectivity index (χ4n) is 15.8. The molecule has 7 N–H and O–H groups in total. The number of aliphatic hydroxyl groups is 3. The summed E-state index contributed by atoms with van der Waals surface area (Å²) in [7, 11) is 0. The summed E-state index contributed by atoms with van der Waals surface area (Å²) < 4.78 is 12.2. The summed E-state index contributed by atoms with van der Waals surface area (Å²) in [5, 5.41) is 61.8. The van der Waals surface area contributed by atoms with Crippen LogP contribution in [-0.2, 0) is 0 Å². The smallest absolute Gasteiger partial charge is 0.119 e. The lowest BCUT2D eigenvalue weighted by Crippen LogP contribution is -2.31. The Labute approximate surface area is 604 Å². The first-order chi connectivity index (χ1) is 50.1. The number of fused-ring (bicyclic) bond motifs is 1. The van der Waals surface area contributed by atoms with E-state index >= 15 is 0 Å². The van der Waals surface area contributed by atoms with Crippen molar-refractivity contribution in [3.8, 4) is 28.7 Å². The molecule has 3 heterocycles. The van der Waals surface area contributed by atoms with Crippen molar-refractivity contribution in [3.05, 3.63) is 292 Å². The first-order valence-corrected chi connectivity index (χ1v) is 37.4. The second kappa shape index (κ2) is 36.7. The number of phenols is 3. The largest absolute Gasteiger partial charge is 0.508 e. The quantitative estimate of drug-likeness (QED) is 0.0246. The standard InChI is InChI=1S/C32H38N2O3.C30H33NO3.C29H32O2/c35-21-4-7-30(25-5-2-1-3-6-25)31(26-8-12-28(36)13-9-26)27-10-14-29(15-11-27)37-22-20-34-19-17-32(24-34)16-18-33-23-32;32-17-4-7-29(22-5-2-1-3-6-22)30(23-8-12-27(33)13-9-23)24-10-14-28(15-11-24)34-18-16-31-20-25-19-26(25)21-31;30-21-7-12-28(24-10-5-2-6-11-24)29(26-17-19-27(31)20-18-26)25-15-13-23(14-16-25)22-8-3-1-4-9-22/h1-3,5-6,8-15,33,35-36H,4,7,16-24H2;1-3,5-6,8-15,25-26,32-33H,4,7,16-21H2;2,5-6,10-11,13-20,22,30-31H,1,3-4,7-9,12,21H2/b31-30-;30-29-;29-28+. The number of allylic oxidation sites excluding steroid dienone is 3. The number of aromatic hydroxyl groups is 3. The molecular formula is C91H103N3O8. The third-order valence-electron chi connectivity index (χ3n) is 21.3. The number of piperidine rings is 1. The number of hydrogen-bond donors (Lipinski definition) is 7. The summed E-state index contributed by atoms with van der Waals surface area (Å²) in [6.07, 6.45) is 15.0. The lowest BCUT2D eigenvalue weighted by molar-refractivity contribution is 0.217. The van der Waals surface area contributed by atoms with Gasteiger partial charge in [-0.1, -0.05) is 195 Å². The molecule has 2 aliphatic carbocycles. The van der Waals surface area contributed by atoms with Crippen molar-refractivity contribution in [2.45, 2.75) is 95.8 Å². The molecule has 2 saturated carbocycles. The maximum Gasteiger partial charge on any atom is 0.119 e. The molecule has 9 aromatic rings. The van der Waals surface area contributed by atoms with Gasteiger partial charge in [0.2, 0.25) is 0 Å². The number of rotatable bonds is 27. The van der Waals surface area contributed by atoms with Gasteiger partial charge in [0.05, 0.1) is 0 Å². The van der Waals surface area contributed by atoms with Gasteiger partial charge in [-0.25, -0.2) is 0 Å². The number of likely N-dealkylation sites (tertiary alicyclic amines) is 2. The molecule has 102 heavy (non-hydrogen) atoms. The van der Waals surface area contributed by atoms with Gasteiger partial charge in [0, 0.05) is 59.1 Å². The highest BCUT2D eigenvalue weighted by atomic mass is 16.5. The molecule has 3 atom stereocenters. The van der Waals surface area contributed by atoms with Gasteiger partial charge in [-0.05, 0) is 257 Å². The average Bonchev–Trinajstić information content (AvgIpc) is 1.33. The van der Waals surface area contributed by atoms with Gasteiger partial charge in [-0.3, -0.25) is 9.80 Å². The Morgan fingerprint density at radius 3 is 1.13 bits per heavy atom. The van der Waals surface area contributed by atoms with E-state index < -0.39 is 0 Å². The number of aliphatic hydroxyl groups excluding tert-OH is 3. The normalized spacial score (nSPS) is 18.8. The van der Waals surface area contributed by atoms with Gasteiger partial charge in [0.1, 0.15) is 42.0 Å². The van der Waals surface area contributed by atoms with Crippen LogP contribution < -0.4 is 14.8 Å². The van der Waals surface area contributed by atoms with Crippen LogP contribution in [0, 0.1) is 17.3 Å². The predicted molar refractivity (Wildman–Crippen MR) is 416 cm³/mol. The molecule has 11 nitrogen and oxygen atoms in total. The monoisotopic (exact) mass is 1370 g/mol. The molecule has 0 radical (unpaired) electrons. The maximum atomic E-state index is 9.89. The van der Waals surface area contributed by atoms with Crippen LogP contribution in [-0.4, -0.2) is 126 Å². The van der Waals surface area contributed by atoms with Gasteiger partial charge in [0.15, 0.2) is 0 Å². The Morgan fingerprint density at radius 2 is 0.765 bits per heavy atom. The first kappa shape index (κ1) is 72.7. The summed E-state index contributed by atoms with van der Waals surface area (Å²) in [6.45, 7) is 10.9. The molecule has 14 rings (SSSR count). The van der Waals surface area contributed by atoms with Gasteiger partial charge in [-0.15, -0.1) is 0 Å². The molecule has 530 valence electrons. The van der Waals surface area contributed by atoms with E-state index in [1.165, 1.54) is 117 Å². The number of hydrogen-bond acceptors (Lipinski definition) is 11. The Morgan fingerprint density at radius 1 is 0.402 bits per heavy atom. The third-order valence-corrected chi connectivity index (χ3v) is 21.3. The number of benzene rings is 9. The summed E-state index contributed by atoms with van der Waals surface area (Å²) in [5.41, 5.74) is 18.9. The predicted octanol–water partition coefficient (Wildman–Crippen LogP) is 17.8. The van der Waals surface area contributed by atoms with E-state index in [9.17, 15) is 30.6 Å². The summed E-state index contributed by atoms with van der Waals surface area (Å²) >= 11 is 0. The summed E-state index contributed by atoms with van der Waals surface area (Å²) in [5.74, 6) is 5.12. The molecule has 0 amide bonds. The van der Waals surface area contributed by atoms with E-state index in [2.05, 4.69) is 124 Å². The molecule has 3 saturated heterocycles. The lowest BCUT2D eigenvalue weighted by atomic mass is 9.82. The van der Waals surface area contributed by atoms with Crippen molar-refractivity contribution in [1.29, 1.82) is 0 Å². The van der Waals surface area contributed by atoms with Gasteiger partial charge < -0.3 is 45.4 Å². The third kappa shape index (κ3) is 19.8. The summed E-state index contributed by atoms with van der Waals surface area (Å²) in [6, 6.07) is 79.2. The SMILES string of the molecule is OCCC/C(=C(\c1ccc(O)cc1)c1ccc(C2CCCCC2)cc1)c1ccccc1.OCCC/C(=C(\c1ccc(O)cc1)c1ccc(OCCN2CC3CC3C2)cc1)c1ccccc1.OCCC/C(=C(\c1ccc(O)cc1)c1ccc(OCCN2CCC3(CCNC3)C2)cc1)c1ccccc1. The molecule has 0 aromatic heterocycles. The minimum atomic E-state index is 0.140. The van der Waals surface area contributed by atoms with Crippen molar-refractivity contribution in [2.24, 2.45) is 17.3 Å². The molecule has 5 aliphatic rings. The second-order valence-electron chi connectivity index (χ2n) is 28.5. The lowest BCUT2D eigenvalue weighted by Gasteiger charge is -2.23. The molecule has 1 spiro atoms. The van der Waals surface area contributed by atoms with Crippen molar-refractivity contribution >= 4 is 33.4 Å². The van der Waals surface area contributed by atoms with E-state index in [1.807, 2.05) is 91.0 Å². The van der Waals surface area contributed by atoms with E-state index in [1.54, 1.807) is 36.4 Å². The van der Waals surface area contributed by atoms with Crippen LogP contribution in [0.5, 0.6) is 28.7 Å². The highest BCUT2D eigenvalue weighted by Gasteiger charge is 2.44. The van der Waals surface area contributed by atoms with Gasteiger partial charge in [0.25, 0.3) is 0 Å². The topological polar surface area (TPSA) is 158 Å². The first-order valence-electron chi connectivity index (χ1n) is 37.4. The van der Waals surface area contributed by atoms with E-state index in [0.29, 0.717) is 43.8 Å². The van der Waals surface area contributed by atoms with Crippen molar-refractivity contribution in [2.75, 3.05) is 85.4 Å². The number of nitrogens with one attached hydrogen (secondary N) is 1. The Bertz CT molecular complexity index is 4100.